The van der Waals surface area contributed by atoms with Crippen molar-refractivity contribution in [1.82, 2.24) is 15.0 Å². The Morgan fingerprint density at radius 3 is 2.60 bits per heavy atom. The van der Waals surface area contributed by atoms with Crippen molar-refractivity contribution >= 4 is 11.3 Å². The van der Waals surface area contributed by atoms with E-state index in [2.05, 4.69) is 30.2 Å². The molecular formula is C15H16N4S. The van der Waals surface area contributed by atoms with Crippen molar-refractivity contribution < 1.29 is 0 Å². The third kappa shape index (κ3) is 2.26. The second kappa shape index (κ2) is 5.19. The Morgan fingerprint density at radius 2 is 1.95 bits per heavy atom. The normalized spacial score (nSPS) is 12.6. The lowest BCUT2D eigenvalue weighted by atomic mass is 10.1. The highest BCUT2D eigenvalue weighted by molar-refractivity contribution is 7.12. The van der Waals surface area contributed by atoms with Crippen LogP contribution in [0.3, 0.4) is 0 Å². The summed E-state index contributed by atoms with van der Waals surface area (Å²) in [6, 6.07) is 11.9. The molecule has 0 radical (unpaired) electrons. The summed E-state index contributed by atoms with van der Waals surface area (Å²) >= 11 is 1.73. The van der Waals surface area contributed by atoms with E-state index < -0.39 is 0 Å². The van der Waals surface area contributed by atoms with Crippen LogP contribution in [0.25, 0.3) is 5.69 Å². The van der Waals surface area contributed by atoms with Gasteiger partial charge in [-0.15, -0.1) is 16.4 Å². The molecule has 5 heteroatoms. The molecule has 4 nitrogen and oxygen atoms in total. The topological polar surface area (TPSA) is 56.7 Å². The average Bonchev–Trinajstić information content (AvgIpc) is 3.07. The SMILES string of the molecule is Cc1cc(C(N)c2cnnn2-c2ccccc2)sc1C. The summed E-state index contributed by atoms with van der Waals surface area (Å²) in [6.07, 6.45) is 1.74. The Kier molecular flexibility index (Phi) is 3.38. The number of thiophene rings is 1. The first kappa shape index (κ1) is 13.0. The lowest BCUT2D eigenvalue weighted by molar-refractivity contribution is 0.725. The van der Waals surface area contributed by atoms with E-state index in [0.717, 1.165) is 16.3 Å². The van der Waals surface area contributed by atoms with Crippen molar-refractivity contribution in [1.29, 1.82) is 0 Å². The van der Waals surface area contributed by atoms with Crippen LogP contribution in [0.2, 0.25) is 0 Å². The molecule has 0 aliphatic rings. The van der Waals surface area contributed by atoms with Crippen LogP contribution in [0.15, 0.2) is 42.6 Å². The Bertz CT molecular complexity index is 695. The van der Waals surface area contributed by atoms with Gasteiger partial charge < -0.3 is 5.73 Å². The van der Waals surface area contributed by atoms with Crippen LogP contribution in [0.4, 0.5) is 0 Å². The third-order valence-electron chi connectivity index (χ3n) is 3.39. The Morgan fingerprint density at radius 1 is 1.20 bits per heavy atom. The number of nitrogens with two attached hydrogens (primary N) is 1. The van der Waals surface area contributed by atoms with Gasteiger partial charge in [0.25, 0.3) is 0 Å². The molecule has 0 saturated heterocycles. The molecular weight excluding hydrogens is 268 g/mol. The summed E-state index contributed by atoms with van der Waals surface area (Å²) in [4.78, 5) is 2.44. The minimum Gasteiger partial charge on any atom is -0.318 e. The van der Waals surface area contributed by atoms with E-state index in [1.54, 1.807) is 22.2 Å². The minimum absolute atomic E-state index is 0.206. The summed E-state index contributed by atoms with van der Waals surface area (Å²) in [5.74, 6) is 0. The summed E-state index contributed by atoms with van der Waals surface area (Å²) in [5.41, 5.74) is 9.54. The Labute approximate surface area is 121 Å². The van der Waals surface area contributed by atoms with E-state index in [1.807, 2.05) is 30.3 Å². The van der Waals surface area contributed by atoms with Crippen LogP contribution in [-0.2, 0) is 0 Å². The van der Waals surface area contributed by atoms with Crippen LogP contribution in [0.5, 0.6) is 0 Å². The van der Waals surface area contributed by atoms with E-state index in [4.69, 9.17) is 5.73 Å². The standard InChI is InChI=1S/C15H16N4S/c1-10-8-14(20-11(10)2)15(16)13-9-17-18-19(13)12-6-4-3-5-7-12/h3-9,15H,16H2,1-2H3. The van der Waals surface area contributed by atoms with Gasteiger partial charge in [-0.05, 0) is 37.6 Å². The number of rotatable bonds is 3. The van der Waals surface area contributed by atoms with Gasteiger partial charge in [0.1, 0.15) is 0 Å². The van der Waals surface area contributed by atoms with E-state index in [0.29, 0.717) is 0 Å². The maximum Gasteiger partial charge on any atom is 0.0866 e. The molecule has 0 amide bonds. The number of nitrogens with zero attached hydrogens (tertiary/aromatic N) is 3. The van der Waals surface area contributed by atoms with Gasteiger partial charge in [0, 0.05) is 9.75 Å². The highest BCUT2D eigenvalue weighted by Crippen LogP contribution is 2.29. The number of aryl methyl sites for hydroxylation is 2. The molecule has 0 aliphatic heterocycles. The number of hydrogen-bond acceptors (Lipinski definition) is 4. The second-order valence-electron chi connectivity index (χ2n) is 4.77. The predicted molar refractivity (Wildman–Crippen MR) is 81.2 cm³/mol. The summed E-state index contributed by atoms with van der Waals surface area (Å²) in [6.45, 7) is 4.22. The van der Waals surface area contributed by atoms with Crippen molar-refractivity contribution in [2.45, 2.75) is 19.9 Å². The lowest BCUT2D eigenvalue weighted by Gasteiger charge is -2.11. The zero-order valence-electron chi connectivity index (χ0n) is 11.4. The average molecular weight is 284 g/mol. The fourth-order valence-corrected chi connectivity index (χ4v) is 3.18. The van der Waals surface area contributed by atoms with Crippen molar-refractivity contribution in [2.24, 2.45) is 5.73 Å². The summed E-state index contributed by atoms with van der Waals surface area (Å²) < 4.78 is 1.80. The molecule has 1 aromatic carbocycles. The molecule has 3 rings (SSSR count). The van der Waals surface area contributed by atoms with Gasteiger partial charge in [0.05, 0.1) is 23.6 Å². The molecule has 1 atom stereocenters. The van der Waals surface area contributed by atoms with E-state index in [-0.39, 0.29) is 6.04 Å². The molecule has 102 valence electrons. The zero-order chi connectivity index (χ0) is 14.1. The Hall–Kier alpha value is -1.98. The summed E-state index contributed by atoms with van der Waals surface area (Å²) in [7, 11) is 0. The first-order valence-electron chi connectivity index (χ1n) is 6.45. The van der Waals surface area contributed by atoms with Gasteiger partial charge in [0.2, 0.25) is 0 Å². The van der Waals surface area contributed by atoms with Gasteiger partial charge >= 0.3 is 0 Å². The number of aromatic nitrogens is 3. The first-order valence-corrected chi connectivity index (χ1v) is 7.27. The van der Waals surface area contributed by atoms with Gasteiger partial charge in [0.15, 0.2) is 0 Å². The lowest BCUT2D eigenvalue weighted by Crippen LogP contribution is -2.15. The number of hydrogen-bond donors (Lipinski definition) is 1. The molecule has 2 aromatic heterocycles. The van der Waals surface area contributed by atoms with Gasteiger partial charge in [-0.1, -0.05) is 23.4 Å². The van der Waals surface area contributed by atoms with Crippen LogP contribution in [-0.4, -0.2) is 15.0 Å². The molecule has 0 fully saturated rings. The molecule has 3 aromatic rings. The van der Waals surface area contributed by atoms with Crippen LogP contribution < -0.4 is 5.73 Å². The molecule has 0 bridgehead atoms. The van der Waals surface area contributed by atoms with Gasteiger partial charge in [-0.2, -0.15) is 0 Å². The number of benzene rings is 1. The van der Waals surface area contributed by atoms with Crippen molar-refractivity contribution in [3.63, 3.8) is 0 Å². The van der Waals surface area contributed by atoms with E-state index in [9.17, 15) is 0 Å². The maximum atomic E-state index is 6.39. The fourth-order valence-electron chi connectivity index (χ4n) is 2.13. The highest BCUT2D eigenvalue weighted by Gasteiger charge is 2.18. The van der Waals surface area contributed by atoms with Crippen molar-refractivity contribution in [3.05, 3.63) is 63.6 Å². The third-order valence-corrected chi connectivity index (χ3v) is 4.62. The molecule has 2 heterocycles. The smallest absolute Gasteiger partial charge is 0.0866 e. The largest absolute Gasteiger partial charge is 0.318 e. The fraction of sp³-hybridized carbons (Fsp3) is 0.200. The zero-order valence-corrected chi connectivity index (χ0v) is 12.3. The molecule has 0 spiro atoms. The van der Waals surface area contributed by atoms with Crippen molar-refractivity contribution in [2.75, 3.05) is 0 Å². The molecule has 0 aliphatic carbocycles. The van der Waals surface area contributed by atoms with Crippen LogP contribution in [0.1, 0.15) is 27.1 Å². The number of para-hydroxylation sites is 1. The molecule has 20 heavy (non-hydrogen) atoms. The van der Waals surface area contributed by atoms with Gasteiger partial charge in [-0.25, -0.2) is 4.68 Å². The van der Waals surface area contributed by atoms with Crippen molar-refractivity contribution in [3.8, 4) is 5.69 Å². The van der Waals surface area contributed by atoms with E-state index in [1.165, 1.54) is 10.4 Å². The molecule has 2 N–H and O–H groups in total. The molecule has 1 unspecified atom stereocenters. The Balaban J connectivity index is 2.01. The molecule has 0 saturated carbocycles. The minimum atomic E-state index is -0.206. The monoisotopic (exact) mass is 284 g/mol. The highest BCUT2D eigenvalue weighted by atomic mass is 32.1. The second-order valence-corrected chi connectivity index (χ2v) is 6.06. The van der Waals surface area contributed by atoms with E-state index >= 15 is 0 Å². The first-order chi connectivity index (χ1) is 9.66. The van der Waals surface area contributed by atoms with Gasteiger partial charge in [-0.3, -0.25) is 0 Å². The van der Waals surface area contributed by atoms with Crippen LogP contribution in [0, 0.1) is 13.8 Å². The van der Waals surface area contributed by atoms with Crippen LogP contribution >= 0.6 is 11.3 Å². The summed E-state index contributed by atoms with van der Waals surface area (Å²) in [5, 5.41) is 8.17. The maximum absolute atomic E-state index is 6.39. The predicted octanol–water partition coefficient (Wildman–Crippen LogP) is 2.99. The quantitative estimate of drug-likeness (QED) is 0.804.